The van der Waals surface area contributed by atoms with E-state index < -0.39 is 51.9 Å². The smallest absolute Gasteiger partial charge is 0.312 e. The monoisotopic (exact) mass is 719 g/mol. The van der Waals surface area contributed by atoms with Crippen LogP contribution in [-0.4, -0.2) is 53.9 Å². The van der Waals surface area contributed by atoms with Crippen LogP contribution in [0.1, 0.15) is 136 Å². The first-order valence-electron chi connectivity index (χ1n) is 20.1. The number of benzene rings is 1. The fourth-order valence-electron chi connectivity index (χ4n) is 11.2. The molecular weight excluding hydrogens is 658 g/mol. The van der Waals surface area contributed by atoms with Gasteiger partial charge in [0, 0.05) is 6.04 Å². The molecule has 5 fully saturated rings. The van der Waals surface area contributed by atoms with Crippen molar-refractivity contribution in [1.82, 2.24) is 4.90 Å². The molecule has 1 aliphatic heterocycles. The molecule has 7 unspecified atom stereocenters. The van der Waals surface area contributed by atoms with Gasteiger partial charge in [0.15, 0.2) is 0 Å². The summed E-state index contributed by atoms with van der Waals surface area (Å²) >= 11 is 0. The van der Waals surface area contributed by atoms with Crippen molar-refractivity contribution in [1.29, 1.82) is 0 Å². The van der Waals surface area contributed by atoms with Crippen molar-refractivity contribution >= 4 is 29.7 Å². The molecule has 9 nitrogen and oxygen atoms in total. The van der Waals surface area contributed by atoms with E-state index in [0.717, 1.165) is 44.1 Å². The quantitative estimate of drug-likeness (QED) is 0.115. The summed E-state index contributed by atoms with van der Waals surface area (Å²) in [5.41, 5.74) is -2.60. The molecule has 0 aromatic heterocycles. The van der Waals surface area contributed by atoms with E-state index in [2.05, 4.69) is 0 Å². The third-order valence-corrected chi connectivity index (χ3v) is 14.3. The Bertz CT molecular complexity index is 1510. The van der Waals surface area contributed by atoms with Crippen LogP contribution in [0.15, 0.2) is 30.3 Å². The number of nitrogens with zero attached hydrogens (tertiary/aromatic N) is 1. The average Bonchev–Trinajstić information content (AvgIpc) is 3.91. The van der Waals surface area contributed by atoms with Gasteiger partial charge in [-0.2, -0.15) is 0 Å². The minimum Gasteiger partial charge on any atom is -0.469 e. The van der Waals surface area contributed by atoms with E-state index in [1.807, 2.05) is 37.3 Å². The fourth-order valence-corrected chi connectivity index (χ4v) is 11.2. The maximum absolute atomic E-state index is 15.0. The summed E-state index contributed by atoms with van der Waals surface area (Å²) in [4.78, 5) is 73.2. The molecule has 1 saturated heterocycles. The summed E-state index contributed by atoms with van der Waals surface area (Å²) < 4.78 is 17.6. The number of carbonyl (C=O) groups excluding carboxylic acids is 5. The molecule has 1 spiro atoms. The second-order valence-corrected chi connectivity index (χ2v) is 18.2. The Labute approximate surface area is 310 Å². The van der Waals surface area contributed by atoms with E-state index in [0.29, 0.717) is 30.6 Å². The van der Waals surface area contributed by atoms with Crippen molar-refractivity contribution in [3.8, 4) is 0 Å². The number of likely N-dealkylation sites (tertiary alicyclic amines) is 1. The summed E-state index contributed by atoms with van der Waals surface area (Å²) in [7, 11) is 1.33. The highest BCUT2D eigenvalue weighted by atomic mass is 16.5. The topological polar surface area (TPSA) is 116 Å². The van der Waals surface area contributed by atoms with E-state index in [1.165, 1.54) is 37.7 Å². The van der Waals surface area contributed by atoms with Crippen molar-refractivity contribution < 1.29 is 38.2 Å². The Hall–Kier alpha value is -3.23. The normalized spacial score (nSPS) is 29.6. The molecule has 1 aromatic carbocycles. The molecule has 4 aliphatic carbocycles. The molecule has 9 heteroatoms. The molecule has 286 valence electrons. The summed E-state index contributed by atoms with van der Waals surface area (Å²) in [6.45, 7) is 8.94. The van der Waals surface area contributed by atoms with Crippen molar-refractivity contribution in [2.75, 3.05) is 7.11 Å². The first kappa shape index (κ1) is 38.5. The number of carbonyl (C=O) groups is 5. The van der Waals surface area contributed by atoms with Gasteiger partial charge in [-0.05, 0) is 115 Å². The van der Waals surface area contributed by atoms with Gasteiger partial charge in [0.1, 0.15) is 12.7 Å². The predicted molar refractivity (Wildman–Crippen MR) is 195 cm³/mol. The lowest BCUT2D eigenvalue weighted by molar-refractivity contribution is -0.177. The Morgan fingerprint density at radius 1 is 0.865 bits per heavy atom. The maximum Gasteiger partial charge on any atom is 0.312 e. The van der Waals surface area contributed by atoms with Crippen LogP contribution in [0, 0.1) is 45.3 Å². The Balaban J connectivity index is 1.34. The molecular formula is C43H61NO8. The number of hydrogen-bond donors (Lipinski definition) is 0. The fraction of sp³-hybridized carbons (Fsp3) is 0.744. The van der Waals surface area contributed by atoms with Gasteiger partial charge in [-0.1, -0.05) is 69.4 Å². The highest BCUT2D eigenvalue weighted by Gasteiger charge is 2.64. The molecule has 4 saturated carbocycles. The van der Waals surface area contributed by atoms with Crippen LogP contribution in [0.2, 0.25) is 0 Å². The van der Waals surface area contributed by atoms with Crippen molar-refractivity contribution in [2.24, 2.45) is 45.3 Å². The number of hydrogen-bond acceptors (Lipinski definition) is 8. The van der Waals surface area contributed by atoms with Crippen LogP contribution in [0.25, 0.3) is 0 Å². The summed E-state index contributed by atoms with van der Waals surface area (Å²) in [5, 5.41) is 0. The molecule has 0 N–H and O–H groups in total. The molecule has 1 aromatic rings. The van der Waals surface area contributed by atoms with Gasteiger partial charge < -0.3 is 14.2 Å². The minimum absolute atomic E-state index is 0.0136. The van der Waals surface area contributed by atoms with Crippen LogP contribution < -0.4 is 0 Å². The zero-order valence-corrected chi connectivity index (χ0v) is 32.4. The highest BCUT2D eigenvalue weighted by Crippen LogP contribution is 2.64. The molecule has 7 atom stereocenters. The molecule has 0 radical (unpaired) electrons. The predicted octanol–water partition coefficient (Wildman–Crippen LogP) is 7.97. The SMILES string of the molecule is CCC(C)(CC(C)(C(=O)OC1CC2CC1CC21CCCC1)C1C(=O)N(C2CCCCC2)C(=O)C1CC(C)(C)C(=O)OCc1ccccc1)C(=O)OC. The van der Waals surface area contributed by atoms with E-state index in [-0.39, 0.29) is 43.4 Å². The molecule has 1 heterocycles. The van der Waals surface area contributed by atoms with Crippen molar-refractivity contribution in [2.45, 2.75) is 150 Å². The molecule has 2 bridgehead atoms. The van der Waals surface area contributed by atoms with Gasteiger partial charge in [0.05, 0.1) is 35.2 Å². The number of methoxy groups -OCH3 is 1. The largest absolute Gasteiger partial charge is 0.469 e. The van der Waals surface area contributed by atoms with Crippen LogP contribution in [0.5, 0.6) is 0 Å². The van der Waals surface area contributed by atoms with Crippen LogP contribution in [0.4, 0.5) is 0 Å². The summed E-state index contributed by atoms with van der Waals surface area (Å²) in [5.74, 6) is -3.50. The molecule has 6 rings (SSSR count). The van der Waals surface area contributed by atoms with E-state index in [4.69, 9.17) is 14.2 Å². The zero-order valence-electron chi connectivity index (χ0n) is 32.4. The van der Waals surface area contributed by atoms with Gasteiger partial charge in [0.25, 0.3) is 0 Å². The number of rotatable bonds is 13. The Morgan fingerprint density at radius 3 is 2.13 bits per heavy atom. The van der Waals surface area contributed by atoms with Crippen LogP contribution in [-0.2, 0) is 44.8 Å². The van der Waals surface area contributed by atoms with Crippen molar-refractivity contribution in [3.63, 3.8) is 0 Å². The standard InChI is InChI=1S/C43H61NO8/c1-7-41(4,38(48)50-6)27-42(5,39(49)52-33-23-30-22-29(33)24-43(30)20-14-15-21-43)34-32(35(45)44(36(34)46)31-18-12-9-13-19-31)25-40(2,3)37(47)51-26-28-16-10-8-11-17-28/h8,10-11,16-17,29-34H,7,9,12-15,18-27H2,1-6H3. The lowest BCUT2D eigenvalue weighted by Gasteiger charge is -2.42. The van der Waals surface area contributed by atoms with Gasteiger partial charge in [-0.25, -0.2) is 0 Å². The zero-order chi connectivity index (χ0) is 37.5. The van der Waals surface area contributed by atoms with E-state index >= 15 is 0 Å². The number of amides is 2. The third-order valence-electron chi connectivity index (χ3n) is 14.3. The average molecular weight is 720 g/mol. The summed E-state index contributed by atoms with van der Waals surface area (Å²) in [6.07, 6.45) is 12.4. The summed E-state index contributed by atoms with van der Waals surface area (Å²) in [6, 6.07) is 9.15. The first-order chi connectivity index (χ1) is 24.7. The maximum atomic E-state index is 15.0. The third kappa shape index (κ3) is 7.06. The van der Waals surface area contributed by atoms with Gasteiger partial charge in [-0.15, -0.1) is 0 Å². The Kier molecular flexibility index (Phi) is 11.0. The van der Waals surface area contributed by atoms with Gasteiger partial charge >= 0.3 is 17.9 Å². The van der Waals surface area contributed by atoms with Gasteiger partial charge in [0.2, 0.25) is 11.8 Å². The molecule has 2 amide bonds. The highest BCUT2D eigenvalue weighted by molar-refractivity contribution is 6.08. The molecule has 5 aliphatic rings. The lowest BCUT2D eigenvalue weighted by Crippen LogP contribution is -2.50. The minimum atomic E-state index is -1.54. The van der Waals surface area contributed by atoms with Crippen LogP contribution in [0.3, 0.4) is 0 Å². The van der Waals surface area contributed by atoms with E-state index in [9.17, 15) is 24.0 Å². The second-order valence-electron chi connectivity index (χ2n) is 18.2. The second kappa shape index (κ2) is 14.9. The van der Waals surface area contributed by atoms with Crippen molar-refractivity contribution in [3.05, 3.63) is 35.9 Å². The number of imide groups is 1. The first-order valence-corrected chi connectivity index (χ1v) is 20.1. The Morgan fingerprint density at radius 2 is 1.54 bits per heavy atom. The van der Waals surface area contributed by atoms with Crippen LogP contribution >= 0.6 is 0 Å². The number of esters is 3. The van der Waals surface area contributed by atoms with Gasteiger partial charge in [-0.3, -0.25) is 28.9 Å². The van der Waals surface area contributed by atoms with E-state index in [1.54, 1.807) is 27.7 Å². The lowest BCUT2D eigenvalue weighted by atomic mass is 9.61. The molecule has 52 heavy (non-hydrogen) atoms. The number of ether oxygens (including phenoxy) is 3. The number of fused-ring (bicyclic) bond motifs is 3.